The molecule has 0 saturated heterocycles. The van der Waals surface area contributed by atoms with E-state index < -0.39 is 0 Å². The summed E-state index contributed by atoms with van der Waals surface area (Å²) >= 11 is 0. The third-order valence-corrected chi connectivity index (χ3v) is 29.4. The standard InChI is InChI=1S/5C21H23P3.9C2H6/c1-23-20-11-19(12-21(13-20)24-2)18-9-7-17(8-10-18)16-5-3-15(14-22)4-6-16;22-12-15-1-5-17(6-2-15)19-9-10-21(20(11-19)14-24)18-7-3-16(13-23)4-8-18;22-12-15-1-4-17(5-2-15)18-6-8-19(9-7-18)21-10-3-16(13-23)11-20(21)14-24;22-12-15-1-3-16(4-2-15)17-5-7-18(8-6-17)19-9-10-20(13-23)21(11-19)14-24;22-12-15-2-1-3-18(10-15)16-4-6-17(7-5-16)19-8-9-20(13-23)21(11-19)14-24;9*1-2/h3-13,23-24H,14,22H2,1-2H3;4*1-11H,12-14,22-24H2;9*1-2H3. The zero-order valence-corrected chi connectivity index (χ0v) is 104. The highest BCUT2D eigenvalue weighted by Gasteiger charge is 2.13. The fourth-order valence-corrected chi connectivity index (χ4v) is 19.8. The molecule has 138 heavy (non-hydrogen) atoms. The van der Waals surface area contributed by atoms with Crippen molar-refractivity contribution in [3.63, 3.8) is 0 Å². The first-order chi connectivity index (χ1) is 67.7. The van der Waals surface area contributed by atoms with Crippen LogP contribution >= 0.6 is 137 Å². The summed E-state index contributed by atoms with van der Waals surface area (Å²) in [5.41, 5.74) is 43.6. The van der Waals surface area contributed by atoms with Crippen molar-refractivity contribution >= 4 is 148 Å². The molecule has 15 rings (SSSR count). The van der Waals surface area contributed by atoms with E-state index in [0.29, 0.717) is 0 Å². The first kappa shape index (κ1) is 129. The number of hydrogen-bond donors (Lipinski definition) is 0. The van der Waals surface area contributed by atoms with Crippen LogP contribution in [0.4, 0.5) is 0 Å². The van der Waals surface area contributed by atoms with Gasteiger partial charge in [-0.3, -0.25) is 0 Å². The maximum absolute atomic E-state index is 2.87. The van der Waals surface area contributed by atoms with E-state index >= 15 is 0 Å². The average molecular weight is 2110 g/mol. The predicted octanol–water partition coefficient (Wildman–Crippen LogP) is 39.1. The van der Waals surface area contributed by atoms with Gasteiger partial charge in [0.1, 0.15) is 0 Å². The second kappa shape index (κ2) is 78.2. The van der Waals surface area contributed by atoms with E-state index in [1.165, 1.54) is 194 Å². The molecule has 0 spiro atoms. The average Bonchev–Trinajstić information content (AvgIpc) is 0.781. The lowest BCUT2D eigenvalue weighted by atomic mass is 9.95. The van der Waals surface area contributed by atoms with E-state index in [1.54, 1.807) is 0 Å². The summed E-state index contributed by atoms with van der Waals surface area (Å²) in [5.74, 6) is 0. The molecule has 15 atom stereocenters. The lowest BCUT2D eigenvalue weighted by Gasteiger charge is -2.12. The summed E-state index contributed by atoms with van der Waals surface area (Å²) < 4.78 is 0. The van der Waals surface area contributed by atoms with E-state index in [-0.39, 0.29) is 0 Å². The minimum absolute atomic E-state index is 0.847. The third kappa shape index (κ3) is 42.1. The Bertz CT molecular complexity index is 5680. The maximum Gasteiger partial charge on any atom is -0.0122 e. The maximum atomic E-state index is 2.87. The predicted molar refractivity (Wildman–Crippen MR) is 691 cm³/mol. The number of benzene rings is 15. The van der Waals surface area contributed by atoms with Gasteiger partial charge >= 0.3 is 0 Å². The molecule has 0 radical (unpaired) electrons. The molecule has 0 amide bonds. The normalized spacial score (nSPS) is 9.95. The molecule has 15 aromatic rings. The number of hydrogen-bond acceptors (Lipinski definition) is 0. The van der Waals surface area contributed by atoms with Crippen molar-refractivity contribution < 1.29 is 0 Å². The molecular weight excluding hydrogens is 1940 g/mol. The van der Waals surface area contributed by atoms with Crippen LogP contribution in [0.3, 0.4) is 0 Å². The fourth-order valence-electron chi connectivity index (χ4n) is 14.4. The summed E-state index contributed by atoms with van der Waals surface area (Å²) in [6, 6.07) is 123. The Morgan fingerprint density at radius 3 is 0.587 bits per heavy atom. The van der Waals surface area contributed by atoms with E-state index in [9.17, 15) is 0 Å². The molecule has 0 aliphatic heterocycles. The molecule has 0 aliphatic carbocycles. The summed E-state index contributed by atoms with van der Waals surface area (Å²) in [7, 11) is 38.2. The fraction of sp³-hybridized carbons (Fsp3) is 0.268. The van der Waals surface area contributed by atoms with Gasteiger partial charge in [0, 0.05) is 0 Å². The van der Waals surface area contributed by atoms with E-state index in [4.69, 9.17) is 0 Å². The van der Waals surface area contributed by atoms with Gasteiger partial charge in [-0.1, -0.05) is 457 Å². The minimum atomic E-state index is 0.847. The van der Waals surface area contributed by atoms with E-state index in [0.717, 1.165) is 97.3 Å². The van der Waals surface area contributed by atoms with Crippen molar-refractivity contribution in [2.75, 3.05) is 13.3 Å². The highest BCUT2D eigenvalue weighted by molar-refractivity contribution is 7.48. The smallest absolute Gasteiger partial charge is 0.0122 e. The highest BCUT2D eigenvalue weighted by Crippen LogP contribution is 2.37. The van der Waals surface area contributed by atoms with Crippen molar-refractivity contribution in [2.24, 2.45) is 0 Å². The summed E-state index contributed by atoms with van der Waals surface area (Å²) in [6.45, 7) is 40.5. The quantitative estimate of drug-likeness (QED) is 0.0500. The van der Waals surface area contributed by atoms with Crippen LogP contribution in [0.2, 0.25) is 0 Å². The lowest BCUT2D eigenvalue weighted by Crippen LogP contribution is -2.04. The van der Waals surface area contributed by atoms with E-state index in [1.807, 2.05) is 125 Å². The third-order valence-electron chi connectivity index (χ3n) is 21.7. The first-order valence-corrected chi connectivity index (χ1v) is 63.4. The Balaban J connectivity index is 0.000000559. The molecule has 15 heteroatoms. The van der Waals surface area contributed by atoms with Crippen LogP contribution in [0.25, 0.3) is 111 Å². The van der Waals surface area contributed by atoms with Crippen LogP contribution in [0.15, 0.2) is 334 Å². The molecule has 0 nitrogen and oxygen atoms in total. The molecule has 15 aromatic carbocycles. The number of rotatable bonds is 25. The zero-order valence-electron chi connectivity index (χ0n) is 87.0. The molecule has 0 heterocycles. The van der Waals surface area contributed by atoms with Crippen molar-refractivity contribution in [3.8, 4) is 111 Å². The zero-order chi connectivity index (χ0) is 103. The Labute approximate surface area is 875 Å². The Hall–Kier alpha value is -5.25. The van der Waals surface area contributed by atoms with E-state index in [2.05, 4.69) is 467 Å². The van der Waals surface area contributed by atoms with Crippen molar-refractivity contribution in [2.45, 2.75) is 205 Å². The van der Waals surface area contributed by atoms with Crippen LogP contribution in [0.1, 0.15) is 197 Å². The molecule has 736 valence electrons. The minimum Gasteiger partial charge on any atom is -0.133 e. The summed E-state index contributed by atoms with van der Waals surface area (Å²) in [4.78, 5) is 0. The molecule has 0 N–H and O–H groups in total. The summed E-state index contributed by atoms with van der Waals surface area (Å²) in [5, 5.41) is 2.91. The van der Waals surface area contributed by atoms with Crippen molar-refractivity contribution in [1.82, 2.24) is 0 Å². The monoisotopic (exact) mass is 2110 g/mol. The molecule has 0 saturated carbocycles. The van der Waals surface area contributed by atoms with Crippen LogP contribution in [0, 0.1) is 0 Å². The molecule has 0 aromatic heterocycles. The molecule has 15 unspecified atom stereocenters. The van der Waals surface area contributed by atoms with Gasteiger partial charge in [-0.25, -0.2) is 0 Å². The van der Waals surface area contributed by atoms with Gasteiger partial charge in [0.2, 0.25) is 0 Å². The van der Waals surface area contributed by atoms with Gasteiger partial charge in [-0.15, -0.1) is 120 Å². The van der Waals surface area contributed by atoms with Crippen LogP contribution < -0.4 is 10.6 Å². The summed E-state index contributed by atoms with van der Waals surface area (Å²) in [6.07, 6.45) is 13.0. The molecular formula is C123H169P15. The van der Waals surface area contributed by atoms with Crippen LogP contribution in [-0.2, 0) is 80.1 Å². The Kier molecular flexibility index (Phi) is 73.0. The first-order valence-electron chi connectivity index (χ1n) is 49.8. The van der Waals surface area contributed by atoms with Gasteiger partial charge in [-0.2, -0.15) is 0 Å². The molecule has 0 fully saturated rings. The van der Waals surface area contributed by atoms with Crippen LogP contribution in [-0.4, -0.2) is 13.3 Å². The van der Waals surface area contributed by atoms with Gasteiger partial charge in [0.15, 0.2) is 0 Å². The largest absolute Gasteiger partial charge is 0.133 e. The second-order valence-electron chi connectivity index (χ2n) is 29.3. The van der Waals surface area contributed by atoms with Crippen molar-refractivity contribution in [3.05, 3.63) is 406 Å². The van der Waals surface area contributed by atoms with Gasteiger partial charge in [0.25, 0.3) is 0 Å². The van der Waals surface area contributed by atoms with Gasteiger partial charge < -0.3 is 0 Å². The van der Waals surface area contributed by atoms with Gasteiger partial charge in [0.05, 0.1) is 0 Å². The molecule has 0 aliphatic rings. The topological polar surface area (TPSA) is 0 Å². The van der Waals surface area contributed by atoms with Crippen molar-refractivity contribution in [1.29, 1.82) is 0 Å². The second-order valence-corrected chi connectivity index (χ2v) is 36.7. The van der Waals surface area contributed by atoms with Crippen LogP contribution in [0.5, 0.6) is 0 Å². The molecule has 0 bridgehead atoms. The highest BCUT2D eigenvalue weighted by atomic mass is 31.1. The van der Waals surface area contributed by atoms with Gasteiger partial charge in [-0.05, 0) is 306 Å². The lowest BCUT2D eigenvalue weighted by molar-refractivity contribution is 1.28. The Morgan fingerprint density at radius 2 is 0.326 bits per heavy atom. The SMILES string of the molecule is CC.CC.CC.CC.CC.CC.CC.CC.CC.CPc1cc(PC)cc(-c2ccc(-c3ccc(CP)cc3)cc2)c1.PCc1ccc(-c2ccc(-c3ccc(CP)c(CP)c3)cc2)cc1.PCc1ccc(-c2ccc(-c3ccc(CP)cc3)c(CP)c2)cc1.PCc1ccc(-c2ccc(-c3ccc(CP)cc3CP)cc2)cc1.PCc1cccc(-c2ccc(-c3ccc(CP)c(CP)c3)cc2)c1. The Morgan fingerprint density at radius 1 is 0.138 bits per heavy atom.